The van der Waals surface area contributed by atoms with Gasteiger partial charge >= 0.3 is 0 Å². The molecule has 0 spiro atoms. The van der Waals surface area contributed by atoms with Crippen molar-refractivity contribution in [3.8, 4) is 0 Å². The van der Waals surface area contributed by atoms with E-state index in [0.717, 1.165) is 0 Å². The van der Waals surface area contributed by atoms with Crippen molar-refractivity contribution < 1.29 is 17.9 Å². The molecule has 3 aromatic rings. The zero-order valence-corrected chi connectivity index (χ0v) is 16.3. The Balaban J connectivity index is 1.89. The lowest BCUT2D eigenvalue weighted by Gasteiger charge is -2.25. The van der Waals surface area contributed by atoms with Gasteiger partial charge in [-0.15, -0.1) is 0 Å². The summed E-state index contributed by atoms with van der Waals surface area (Å²) in [4.78, 5) is 4.22. The van der Waals surface area contributed by atoms with Crippen molar-refractivity contribution in [3.63, 3.8) is 0 Å². The summed E-state index contributed by atoms with van der Waals surface area (Å²) in [5.41, 5.74) is -1.05. The van der Waals surface area contributed by atoms with Gasteiger partial charge < -0.3 is 14.1 Å². The Morgan fingerprint density at radius 1 is 1.42 bits per heavy atom. The zero-order valence-electron chi connectivity index (χ0n) is 14.7. The van der Waals surface area contributed by atoms with Crippen LogP contribution in [0.2, 0.25) is 0 Å². The van der Waals surface area contributed by atoms with Crippen molar-refractivity contribution in [2.75, 3.05) is 6.54 Å². The fraction of sp³-hybridized carbons (Fsp3) is 0.353. The molecule has 0 unspecified atom stereocenters. The average molecular weight is 396 g/mol. The van der Waals surface area contributed by atoms with Crippen LogP contribution in [-0.2, 0) is 22.7 Å². The summed E-state index contributed by atoms with van der Waals surface area (Å²) in [6, 6.07) is 5.00. The number of furan rings is 1. The highest BCUT2D eigenvalue weighted by molar-refractivity contribution is 7.89. The second-order valence-corrected chi connectivity index (χ2v) is 8.87. The molecule has 0 radical (unpaired) electrons. The third-order valence-corrected chi connectivity index (χ3v) is 6.08. The van der Waals surface area contributed by atoms with E-state index in [2.05, 4.69) is 9.71 Å². The molecule has 7 nitrogen and oxygen atoms in total. The molecule has 0 fully saturated rings. The van der Waals surface area contributed by atoms with Crippen molar-refractivity contribution >= 4 is 21.4 Å². The predicted molar refractivity (Wildman–Crippen MR) is 98.5 cm³/mol. The largest absolute Gasteiger partial charge is 0.466 e. The molecule has 0 saturated carbocycles. The summed E-state index contributed by atoms with van der Waals surface area (Å²) in [5, 5.41) is 14.6. The van der Waals surface area contributed by atoms with Gasteiger partial charge in [0.25, 0.3) is 10.0 Å². The molecule has 0 bridgehead atoms. The van der Waals surface area contributed by atoms with Gasteiger partial charge in [-0.2, -0.15) is 11.3 Å². The van der Waals surface area contributed by atoms with Crippen LogP contribution >= 0.6 is 11.3 Å². The molecule has 9 heteroatoms. The molecule has 0 aromatic carbocycles. The molecule has 0 aliphatic heterocycles. The van der Waals surface area contributed by atoms with Gasteiger partial charge in [0, 0.05) is 24.7 Å². The van der Waals surface area contributed by atoms with Crippen LogP contribution in [0.1, 0.15) is 36.9 Å². The fourth-order valence-electron chi connectivity index (χ4n) is 2.74. The third kappa shape index (κ3) is 3.48. The summed E-state index contributed by atoms with van der Waals surface area (Å²) in [5.74, 6) is 1.03. The molecule has 2 N–H and O–H groups in total. The first-order chi connectivity index (χ1) is 12.2. The van der Waals surface area contributed by atoms with E-state index in [1.165, 1.54) is 23.8 Å². The quantitative estimate of drug-likeness (QED) is 0.640. The van der Waals surface area contributed by atoms with E-state index in [4.69, 9.17) is 4.42 Å². The van der Waals surface area contributed by atoms with E-state index in [-0.39, 0.29) is 23.2 Å². The Hall–Kier alpha value is -1.94. The van der Waals surface area contributed by atoms with Gasteiger partial charge in [-0.05, 0) is 29.0 Å². The molecule has 0 saturated heterocycles. The molecule has 140 valence electrons. The molecule has 26 heavy (non-hydrogen) atoms. The summed E-state index contributed by atoms with van der Waals surface area (Å²) >= 11 is 1.41. The van der Waals surface area contributed by atoms with Crippen molar-refractivity contribution in [3.05, 3.63) is 58.6 Å². The Morgan fingerprint density at radius 3 is 2.73 bits per heavy atom. The second kappa shape index (κ2) is 6.99. The van der Waals surface area contributed by atoms with Crippen LogP contribution in [-0.4, -0.2) is 29.6 Å². The molecular formula is C17H21N3O4S2. The Bertz CT molecular complexity index is 924. The molecular weight excluding hydrogens is 374 g/mol. The summed E-state index contributed by atoms with van der Waals surface area (Å²) in [7, 11) is -2.14. The molecule has 3 heterocycles. The molecule has 1 atom stereocenters. The smallest absolute Gasteiger partial charge is 0.259 e. The first-order valence-electron chi connectivity index (χ1n) is 8.06. The highest BCUT2D eigenvalue weighted by Gasteiger charge is 2.37. The predicted octanol–water partition coefficient (Wildman–Crippen LogP) is 2.41. The highest BCUT2D eigenvalue weighted by Crippen LogP contribution is 2.31. The van der Waals surface area contributed by atoms with E-state index in [1.54, 1.807) is 35.2 Å². The van der Waals surface area contributed by atoms with E-state index in [9.17, 15) is 13.5 Å². The highest BCUT2D eigenvalue weighted by atomic mass is 32.2. The lowest BCUT2D eigenvalue weighted by atomic mass is 9.94. The SMILES string of the molecule is CC(C)c1nc(S(=O)(=O)NC[C@](O)(c2ccsc2)c2ccco2)cn1C. The molecule has 3 aromatic heterocycles. The lowest BCUT2D eigenvalue weighted by molar-refractivity contribution is 0.0623. The number of aromatic nitrogens is 2. The Kier molecular flexibility index (Phi) is 5.07. The topological polar surface area (TPSA) is 97.4 Å². The van der Waals surface area contributed by atoms with Crippen LogP contribution in [0.15, 0.2) is 50.9 Å². The first kappa shape index (κ1) is 18.8. The maximum absolute atomic E-state index is 12.7. The van der Waals surface area contributed by atoms with E-state index < -0.39 is 15.6 Å². The number of thiophene rings is 1. The maximum atomic E-state index is 12.7. The standard InChI is InChI=1S/C17H21N3O4S2/c1-12(2)16-19-15(9-20(16)3)26(22,23)18-11-17(21,13-6-8-25-10-13)14-5-4-7-24-14/h4-10,12,18,21H,11H2,1-3H3/t17-/m0/s1. The number of aliphatic hydroxyl groups is 1. The Labute approximate surface area is 156 Å². The van der Waals surface area contributed by atoms with Gasteiger partial charge in [-0.1, -0.05) is 13.8 Å². The Morgan fingerprint density at radius 2 is 2.19 bits per heavy atom. The lowest BCUT2D eigenvalue weighted by Crippen LogP contribution is -2.41. The summed E-state index contributed by atoms with van der Waals surface area (Å²) < 4.78 is 34.9. The summed E-state index contributed by atoms with van der Waals surface area (Å²) in [6.45, 7) is 3.62. The number of hydrogen-bond acceptors (Lipinski definition) is 6. The maximum Gasteiger partial charge on any atom is 0.259 e. The van der Waals surface area contributed by atoms with Gasteiger partial charge in [-0.3, -0.25) is 0 Å². The number of aryl methyl sites for hydroxylation is 1. The van der Waals surface area contributed by atoms with E-state index in [1.807, 2.05) is 19.2 Å². The van der Waals surface area contributed by atoms with Crippen molar-refractivity contribution in [1.82, 2.24) is 14.3 Å². The van der Waals surface area contributed by atoms with Gasteiger partial charge in [0.05, 0.1) is 12.8 Å². The number of rotatable bonds is 7. The van der Waals surface area contributed by atoms with Crippen molar-refractivity contribution in [2.24, 2.45) is 7.05 Å². The van der Waals surface area contributed by atoms with Gasteiger partial charge in [0.15, 0.2) is 10.6 Å². The van der Waals surface area contributed by atoms with Crippen molar-refractivity contribution in [1.29, 1.82) is 0 Å². The van der Waals surface area contributed by atoms with Crippen LogP contribution < -0.4 is 4.72 Å². The monoisotopic (exact) mass is 395 g/mol. The number of sulfonamides is 1. The van der Waals surface area contributed by atoms with Crippen LogP contribution in [0, 0.1) is 0 Å². The number of nitrogens with zero attached hydrogens (tertiary/aromatic N) is 2. The van der Waals surface area contributed by atoms with Crippen LogP contribution in [0.3, 0.4) is 0 Å². The second-order valence-electron chi connectivity index (χ2n) is 6.38. The van der Waals surface area contributed by atoms with Crippen molar-refractivity contribution in [2.45, 2.75) is 30.4 Å². The fourth-order valence-corrected chi connectivity index (χ4v) is 4.52. The van der Waals surface area contributed by atoms with Gasteiger partial charge in [-0.25, -0.2) is 18.1 Å². The molecule has 0 aliphatic rings. The normalized spacial score (nSPS) is 14.7. The van der Waals surface area contributed by atoms with E-state index in [0.29, 0.717) is 11.4 Å². The van der Waals surface area contributed by atoms with E-state index >= 15 is 0 Å². The minimum atomic E-state index is -3.89. The zero-order chi connectivity index (χ0) is 18.9. The number of nitrogens with one attached hydrogen (secondary N) is 1. The van der Waals surface area contributed by atoms with Crippen LogP contribution in [0.5, 0.6) is 0 Å². The number of imidazole rings is 1. The molecule has 0 aliphatic carbocycles. The number of hydrogen-bond donors (Lipinski definition) is 2. The molecule has 3 rings (SSSR count). The third-order valence-electron chi connectivity index (χ3n) is 4.13. The molecule has 0 amide bonds. The van der Waals surface area contributed by atoms with Gasteiger partial charge in [0.2, 0.25) is 0 Å². The van der Waals surface area contributed by atoms with Crippen LogP contribution in [0.25, 0.3) is 0 Å². The summed E-state index contributed by atoms with van der Waals surface area (Å²) in [6.07, 6.45) is 2.91. The average Bonchev–Trinajstić information content (AvgIpc) is 3.32. The minimum Gasteiger partial charge on any atom is -0.466 e. The van der Waals surface area contributed by atoms with Crippen LogP contribution in [0.4, 0.5) is 0 Å². The first-order valence-corrected chi connectivity index (χ1v) is 10.5. The minimum absolute atomic E-state index is 0.0733. The van der Waals surface area contributed by atoms with Gasteiger partial charge in [0.1, 0.15) is 11.6 Å².